The van der Waals surface area contributed by atoms with Crippen molar-refractivity contribution in [2.24, 2.45) is 0 Å². The summed E-state index contributed by atoms with van der Waals surface area (Å²) in [5.41, 5.74) is 3.23. The van der Waals surface area contributed by atoms with Gasteiger partial charge in [0.05, 0.1) is 22.9 Å². The average molecular weight is 326 g/mol. The van der Waals surface area contributed by atoms with Gasteiger partial charge < -0.3 is 10.1 Å². The van der Waals surface area contributed by atoms with Gasteiger partial charge in [-0.2, -0.15) is 0 Å². The Morgan fingerprint density at radius 2 is 1.91 bits per heavy atom. The maximum Gasteiger partial charge on any atom is 0.337 e. The first-order chi connectivity index (χ1) is 11.1. The fourth-order valence-corrected chi connectivity index (χ4v) is 3.20. The maximum absolute atomic E-state index is 11.6. The molecular weight excluding hydrogens is 312 g/mol. The number of methoxy groups -OCH3 is 1. The fourth-order valence-electron chi connectivity index (χ4n) is 2.25. The molecule has 0 fully saturated rings. The molecule has 0 aliphatic carbocycles. The maximum atomic E-state index is 11.6. The van der Waals surface area contributed by atoms with Gasteiger partial charge in [0.1, 0.15) is 0 Å². The second-order valence-electron chi connectivity index (χ2n) is 4.96. The summed E-state index contributed by atoms with van der Waals surface area (Å²) in [5, 5.41) is 3.27. The van der Waals surface area contributed by atoms with Crippen LogP contribution in [0.1, 0.15) is 17.3 Å². The van der Waals surface area contributed by atoms with Crippen LogP contribution in [0.15, 0.2) is 42.5 Å². The minimum atomic E-state index is -0.362. The number of fused-ring (bicyclic) bond motifs is 1. The number of thiazole rings is 1. The number of hydrogen-bond acceptors (Lipinski definition) is 5. The lowest BCUT2D eigenvalue weighted by Crippen LogP contribution is -2.04. The normalized spacial score (nSPS) is 10.5. The van der Waals surface area contributed by atoms with E-state index >= 15 is 0 Å². The molecule has 2 aromatic carbocycles. The number of hydrogen-bond donors (Lipinski definition) is 1. The van der Waals surface area contributed by atoms with E-state index in [1.807, 2.05) is 30.3 Å². The van der Waals surface area contributed by atoms with Crippen LogP contribution in [-0.4, -0.2) is 24.0 Å². The van der Waals surface area contributed by atoms with Crippen LogP contribution in [-0.2, 0) is 9.53 Å². The topological polar surface area (TPSA) is 68.3 Å². The second kappa shape index (κ2) is 6.18. The molecule has 0 radical (unpaired) electrons. The lowest BCUT2D eigenvalue weighted by Gasteiger charge is -2.04. The third kappa shape index (κ3) is 3.22. The Balaban J connectivity index is 2.00. The molecule has 0 bridgehead atoms. The minimum absolute atomic E-state index is 0.143. The highest BCUT2D eigenvalue weighted by Crippen LogP contribution is 2.30. The predicted octanol–water partition coefficient (Wildman–Crippen LogP) is 3.71. The van der Waals surface area contributed by atoms with Crippen molar-refractivity contribution in [3.05, 3.63) is 48.0 Å². The number of anilines is 1. The number of nitrogens with one attached hydrogen (secondary N) is 1. The molecule has 1 heterocycles. The first kappa shape index (κ1) is 15.2. The largest absolute Gasteiger partial charge is 0.465 e. The molecule has 5 nitrogen and oxygen atoms in total. The molecule has 0 unspecified atom stereocenters. The monoisotopic (exact) mass is 326 g/mol. The van der Waals surface area contributed by atoms with Gasteiger partial charge in [-0.1, -0.05) is 29.5 Å². The van der Waals surface area contributed by atoms with Gasteiger partial charge in [-0.15, -0.1) is 0 Å². The summed E-state index contributed by atoms with van der Waals surface area (Å²) in [5.74, 6) is -0.506. The van der Waals surface area contributed by atoms with Crippen molar-refractivity contribution in [1.82, 2.24) is 4.98 Å². The molecule has 3 rings (SSSR count). The van der Waals surface area contributed by atoms with Crippen molar-refractivity contribution in [1.29, 1.82) is 0 Å². The zero-order chi connectivity index (χ0) is 16.4. The van der Waals surface area contributed by atoms with Crippen molar-refractivity contribution in [2.45, 2.75) is 6.92 Å². The van der Waals surface area contributed by atoms with E-state index < -0.39 is 0 Å². The van der Waals surface area contributed by atoms with Crippen LogP contribution in [0.3, 0.4) is 0 Å². The highest BCUT2D eigenvalue weighted by atomic mass is 32.1. The Morgan fingerprint density at radius 1 is 1.13 bits per heavy atom. The molecule has 0 saturated carbocycles. The summed E-state index contributed by atoms with van der Waals surface area (Å²) < 4.78 is 5.72. The zero-order valence-corrected chi connectivity index (χ0v) is 13.4. The number of aromatic nitrogens is 1. The summed E-state index contributed by atoms with van der Waals surface area (Å²) in [6.45, 7) is 1.45. The molecule has 0 spiro atoms. The van der Waals surface area contributed by atoms with Gasteiger partial charge in [-0.25, -0.2) is 9.78 Å². The van der Waals surface area contributed by atoms with Crippen molar-refractivity contribution in [3.8, 4) is 11.1 Å². The minimum Gasteiger partial charge on any atom is -0.465 e. The van der Waals surface area contributed by atoms with Crippen LogP contribution < -0.4 is 5.32 Å². The van der Waals surface area contributed by atoms with Gasteiger partial charge in [0.2, 0.25) is 5.91 Å². The van der Waals surface area contributed by atoms with Crippen molar-refractivity contribution in [3.63, 3.8) is 0 Å². The highest BCUT2D eigenvalue weighted by Gasteiger charge is 2.09. The molecule has 0 aliphatic rings. The van der Waals surface area contributed by atoms with Crippen molar-refractivity contribution < 1.29 is 14.3 Å². The first-order valence-corrected chi connectivity index (χ1v) is 7.75. The van der Waals surface area contributed by atoms with Crippen LogP contribution >= 0.6 is 11.3 Å². The van der Waals surface area contributed by atoms with Gasteiger partial charge in [0.15, 0.2) is 5.13 Å². The molecule has 23 heavy (non-hydrogen) atoms. The lowest BCUT2D eigenvalue weighted by atomic mass is 10.0. The van der Waals surface area contributed by atoms with Gasteiger partial charge >= 0.3 is 5.97 Å². The van der Waals surface area contributed by atoms with Crippen LogP contribution in [0, 0.1) is 0 Å². The zero-order valence-electron chi connectivity index (χ0n) is 12.6. The molecule has 1 aromatic heterocycles. The van der Waals surface area contributed by atoms with E-state index in [1.54, 1.807) is 12.1 Å². The molecule has 3 aromatic rings. The van der Waals surface area contributed by atoms with E-state index in [2.05, 4.69) is 10.3 Å². The van der Waals surface area contributed by atoms with Crippen molar-refractivity contribution in [2.75, 3.05) is 12.4 Å². The summed E-state index contributed by atoms with van der Waals surface area (Å²) in [6.07, 6.45) is 0. The number of benzene rings is 2. The average Bonchev–Trinajstić information content (AvgIpc) is 2.94. The van der Waals surface area contributed by atoms with E-state index in [0.29, 0.717) is 10.7 Å². The van der Waals surface area contributed by atoms with E-state index in [9.17, 15) is 9.59 Å². The summed E-state index contributed by atoms with van der Waals surface area (Å²) >= 11 is 1.41. The summed E-state index contributed by atoms with van der Waals surface area (Å²) in [7, 11) is 1.36. The molecule has 1 amide bonds. The van der Waals surface area contributed by atoms with Crippen molar-refractivity contribution >= 4 is 38.6 Å². The number of ether oxygens (including phenoxy) is 1. The SMILES string of the molecule is COC(=O)c1cccc(-c2ccc3nc(NC(C)=O)sc3c2)c1. The lowest BCUT2D eigenvalue weighted by molar-refractivity contribution is -0.114. The number of nitrogens with zero attached hydrogens (tertiary/aromatic N) is 1. The number of rotatable bonds is 3. The highest BCUT2D eigenvalue weighted by molar-refractivity contribution is 7.22. The number of carbonyl (C=O) groups is 2. The third-order valence-electron chi connectivity index (χ3n) is 3.29. The van der Waals surface area contributed by atoms with E-state index in [0.717, 1.165) is 21.3 Å². The smallest absolute Gasteiger partial charge is 0.337 e. The van der Waals surface area contributed by atoms with Crippen LogP contribution in [0.4, 0.5) is 5.13 Å². The van der Waals surface area contributed by atoms with Gasteiger partial charge in [-0.05, 0) is 35.4 Å². The molecule has 6 heteroatoms. The third-order valence-corrected chi connectivity index (χ3v) is 4.22. The van der Waals surface area contributed by atoms with Crippen LogP contribution in [0.25, 0.3) is 21.3 Å². The van der Waals surface area contributed by atoms with Gasteiger partial charge in [-0.3, -0.25) is 4.79 Å². The second-order valence-corrected chi connectivity index (χ2v) is 5.99. The number of carbonyl (C=O) groups excluding carboxylic acids is 2. The van der Waals surface area contributed by atoms with E-state index in [1.165, 1.54) is 25.4 Å². The Kier molecular flexibility index (Phi) is 4.08. The van der Waals surface area contributed by atoms with Gasteiger partial charge in [0.25, 0.3) is 0 Å². The fraction of sp³-hybridized carbons (Fsp3) is 0.118. The first-order valence-electron chi connectivity index (χ1n) is 6.94. The molecule has 116 valence electrons. The Hall–Kier alpha value is -2.73. The quantitative estimate of drug-likeness (QED) is 0.745. The van der Waals surface area contributed by atoms with E-state index in [4.69, 9.17) is 4.74 Å². The molecule has 0 aliphatic heterocycles. The van der Waals surface area contributed by atoms with Crippen LogP contribution in [0.2, 0.25) is 0 Å². The predicted molar refractivity (Wildman–Crippen MR) is 90.7 cm³/mol. The molecule has 0 atom stereocenters. The molecule has 0 saturated heterocycles. The van der Waals surface area contributed by atoms with E-state index in [-0.39, 0.29) is 11.9 Å². The van der Waals surface area contributed by atoms with Crippen LogP contribution in [0.5, 0.6) is 0 Å². The van der Waals surface area contributed by atoms with Gasteiger partial charge in [0, 0.05) is 6.92 Å². The summed E-state index contributed by atoms with van der Waals surface area (Å²) in [4.78, 5) is 27.1. The molecule has 1 N–H and O–H groups in total. The summed E-state index contributed by atoms with van der Waals surface area (Å²) in [6, 6.07) is 13.1. The Morgan fingerprint density at radius 3 is 2.65 bits per heavy atom. The molecular formula is C17H14N2O3S. The Bertz CT molecular complexity index is 902. The number of esters is 1. The number of amides is 1. The Labute approximate surface area is 136 Å². The standard InChI is InChI=1S/C17H14N2O3S/c1-10(20)18-17-19-14-7-6-12(9-15(14)23-17)11-4-3-5-13(8-11)16(21)22-2/h3-9H,1-2H3,(H,18,19,20).